The van der Waals surface area contributed by atoms with Crippen LogP contribution in [0.2, 0.25) is 0 Å². The van der Waals surface area contributed by atoms with Crippen molar-refractivity contribution in [2.45, 2.75) is 37.7 Å². The molecule has 3 aromatic rings. The molecule has 1 heterocycles. The van der Waals surface area contributed by atoms with Gasteiger partial charge in [-0.1, -0.05) is 48.6 Å². The minimum absolute atomic E-state index is 0.00638. The number of alkyl halides is 6. The molecule has 1 aromatic heterocycles. The van der Waals surface area contributed by atoms with Gasteiger partial charge in [0, 0.05) is 24.4 Å². The Balaban J connectivity index is 2.32. The summed E-state index contributed by atoms with van der Waals surface area (Å²) in [5, 5.41) is 2.91. The molecule has 196 valence electrons. The second kappa shape index (κ2) is 11.1. The van der Waals surface area contributed by atoms with Crippen molar-refractivity contribution < 1.29 is 35.1 Å². The molecule has 37 heavy (non-hydrogen) atoms. The molecule has 0 amide bonds. The lowest BCUT2D eigenvalue weighted by Crippen LogP contribution is -2.41. The number of nitrogens with zero attached hydrogens (tertiary/aromatic N) is 1. The van der Waals surface area contributed by atoms with Gasteiger partial charge in [0.15, 0.2) is 0 Å². The van der Waals surface area contributed by atoms with E-state index < -0.39 is 41.5 Å². The summed E-state index contributed by atoms with van der Waals surface area (Å²) in [5.41, 5.74) is -2.46. The number of pyridine rings is 1. The monoisotopic (exact) mass is 526 g/mol. The van der Waals surface area contributed by atoms with Crippen molar-refractivity contribution in [3.8, 4) is 0 Å². The first-order chi connectivity index (χ1) is 17.3. The summed E-state index contributed by atoms with van der Waals surface area (Å²) in [6.45, 7) is 1.55. The minimum atomic E-state index is -4.70. The number of hydrogen-bond acceptors (Lipinski definition) is 2. The van der Waals surface area contributed by atoms with Crippen molar-refractivity contribution >= 4 is 5.69 Å². The predicted molar refractivity (Wildman–Crippen MR) is 125 cm³/mol. The molecule has 1 unspecified atom stereocenters. The fourth-order valence-corrected chi connectivity index (χ4v) is 3.90. The van der Waals surface area contributed by atoms with E-state index in [9.17, 15) is 35.1 Å². The molecule has 1 atom stereocenters. The van der Waals surface area contributed by atoms with Crippen molar-refractivity contribution in [1.29, 1.82) is 0 Å². The highest BCUT2D eigenvalue weighted by Crippen LogP contribution is 2.40. The minimum Gasteiger partial charge on any atom is -0.370 e. The SMILES string of the molecule is C/C=C\C(=C/CC(F)(F)F)C(Cc1ccccc1)(Nc1cc(F)cc(F)c1)c1ccc(C(F)(F)F)cn1. The number of anilines is 1. The lowest BCUT2D eigenvalue weighted by Gasteiger charge is -2.37. The Morgan fingerprint density at radius 2 is 1.54 bits per heavy atom. The van der Waals surface area contributed by atoms with Crippen LogP contribution in [0, 0.1) is 11.6 Å². The van der Waals surface area contributed by atoms with Crippen LogP contribution < -0.4 is 5.32 Å². The zero-order valence-electron chi connectivity index (χ0n) is 19.5. The number of rotatable bonds is 8. The topological polar surface area (TPSA) is 24.9 Å². The summed E-state index contributed by atoms with van der Waals surface area (Å²) in [5.74, 6) is -1.91. The maximum absolute atomic E-state index is 14.1. The zero-order valence-corrected chi connectivity index (χ0v) is 19.5. The third-order valence-corrected chi connectivity index (χ3v) is 5.45. The summed E-state index contributed by atoms with van der Waals surface area (Å²) in [4.78, 5) is 3.98. The smallest absolute Gasteiger partial charge is 0.370 e. The average molecular weight is 526 g/mol. The van der Waals surface area contributed by atoms with E-state index in [-0.39, 0.29) is 23.4 Å². The Hall–Kier alpha value is -3.69. The molecule has 0 aliphatic carbocycles. The van der Waals surface area contributed by atoms with Crippen LogP contribution in [0.15, 0.2) is 90.7 Å². The summed E-state index contributed by atoms with van der Waals surface area (Å²) < 4.78 is 108. The third-order valence-electron chi connectivity index (χ3n) is 5.45. The molecule has 0 fully saturated rings. The zero-order chi connectivity index (χ0) is 27.3. The number of hydrogen-bond donors (Lipinski definition) is 1. The van der Waals surface area contributed by atoms with Crippen LogP contribution in [0.1, 0.15) is 30.2 Å². The van der Waals surface area contributed by atoms with Gasteiger partial charge < -0.3 is 5.32 Å². The second-order valence-corrected chi connectivity index (χ2v) is 8.26. The highest BCUT2D eigenvalue weighted by atomic mass is 19.4. The molecule has 0 aliphatic rings. The molecular formula is C27H22F8N2. The third kappa shape index (κ3) is 7.41. The number of allylic oxidation sites excluding steroid dienone is 2. The quantitative estimate of drug-likeness (QED) is 0.236. The Kier molecular flexibility index (Phi) is 8.40. The summed E-state index contributed by atoms with van der Waals surface area (Å²) in [6, 6.07) is 12.7. The Morgan fingerprint density at radius 3 is 2.05 bits per heavy atom. The maximum atomic E-state index is 14.1. The Labute approximate surface area is 208 Å². The van der Waals surface area contributed by atoms with Crippen molar-refractivity contribution in [3.05, 3.63) is 119 Å². The molecule has 0 aliphatic heterocycles. The standard InChI is InChI=1S/C27H22F8N2/c1-2-6-19(11-12-26(30,31)32)25(16-18-7-4-3-5-8-18,37-23-14-21(28)13-22(29)15-23)24-10-9-20(17-36-24)27(33,34)35/h2-11,13-15,17,37H,12,16H2,1H3/b6-2-,19-11+. The molecule has 0 spiro atoms. The van der Waals surface area contributed by atoms with Gasteiger partial charge in [0.1, 0.15) is 17.2 Å². The van der Waals surface area contributed by atoms with Gasteiger partial charge in [-0.15, -0.1) is 0 Å². The van der Waals surface area contributed by atoms with Crippen molar-refractivity contribution in [2.24, 2.45) is 0 Å². The Morgan fingerprint density at radius 1 is 0.892 bits per heavy atom. The van der Waals surface area contributed by atoms with Crippen LogP contribution in [0.4, 0.5) is 40.8 Å². The molecule has 2 aromatic carbocycles. The first kappa shape index (κ1) is 27.9. The van der Waals surface area contributed by atoms with E-state index in [1.165, 1.54) is 12.2 Å². The van der Waals surface area contributed by atoms with Gasteiger partial charge in [-0.2, -0.15) is 26.3 Å². The van der Waals surface area contributed by atoms with E-state index in [0.717, 1.165) is 30.3 Å². The molecule has 3 rings (SSSR count). The van der Waals surface area contributed by atoms with E-state index in [0.29, 0.717) is 17.8 Å². The molecular weight excluding hydrogens is 504 g/mol. The number of aromatic nitrogens is 1. The van der Waals surface area contributed by atoms with Crippen LogP contribution >= 0.6 is 0 Å². The normalized spacial score (nSPS) is 14.6. The summed E-state index contributed by atoms with van der Waals surface area (Å²) >= 11 is 0. The van der Waals surface area contributed by atoms with Gasteiger partial charge in [-0.05, 0) is 42.3 Å². The van der Waals surface area contributed by atoms with Crippen molar-refractivity contribution in [1.82, 2.24) is 4.98 Å². The van der Waals surface area contributed by atoms with E-state index in [1.807, 2.05) is 0 Å². The van der Waals surface area contributed by atoms with Gasteiger partial charge in [0.05, 0.1) is 17.7 Å². The molecule has 0 bridgehead atoms. The van der Waals surface area contributed by atoms with Gasteiger partial charge in [0.2, 0.25) is 0 Å². The molecule has 1 N–H and O–H groups in total. The number of benzene rings is 2. The maximum Gasteiger partial charge on any atom is 0.417 e. The average Bonchev–Trinajstić information content (AvgIpc) is 2.80. The second-order valence-electron chi connectivity index (χ2n) is 8.26. The largest absolute Gasteiger partial charge is 0.417 e. The fourth-order valence-electron chi connectivity index (χ4n) is 3.90. The Bertz CT molecular complexity index is 1230. The van der Waals surface area contributed by atoms with Crippen molar-refractivity contribution in [3.63, 3.8) is 0 Å². The van der Waals surface area contributed by atoms with Crippen LogP contribution in [-0.2, 0) is 18.1 Å². The molecule has 10 heteroatoms. The first-order valence-electron chi connectivity index (χ1n) is 11.0. The van der Waals surface area contributed by atoms with E-state index in [4.69, 9.17) is 0 Å². The van der Waals surface area contributed by atoms with Gasteiger partial charge >= 0.3 is 12.4 Å². The lowest BCUT2D eigenvalue weighted by molar-refractivity contribution is -0.137. The summed E-state index contributed by atoms with van der Waals surface area (Å²) in [7, 11) is 0. The van der Waals surface area contributed by atoms with Crippen LogP contribution in [0.25, 0.3) is 0 Å². The van der Waals surface area contributed by atoms with E-state index >= 15 is 0 Å². The van der Waals surface area contributed by atoms with Gasteiger partial charge in [0.25, 0.3) is 0 Å². The highest BCUT2D eigenvalue weighted by Gasteiger charge is 2.39. The number of nitrogens with one attached hydrogen (secondary N) is 1. The van der Waals surface area contributed by atoms with E-state index in [2.05, 4.69) is 10.3 Å². The number of halogens is 8. The molecule has 0 radical (unpaired) electrons. The van der Waals surface area contributed by atoms with E-state index in [1.54, 1.807) is 37.3 Å². The molecule has 2 nitrogen and oxygen atoms in total. The van der Waals surface area contributed by atoms with Gasteiger partial charge in [-0.3, -0.25) is 4.98 Å². The molecule has 0 saturated carbocycles. The van der Waals surface area contributed by atoms with Gasteiger partial charge in [-0.25, -0.2) is 8.78 Å². The first-order valence-corrected chi connectivity index (χ1v) is 11.0. The van der Waals surface area contributed by atoms with Crippen LogP contribution in [-0.4, -0.2) is 11.2 Å². The highest BCUT2D eigenvalue weighted by molar-refractivity contribution is 5.55. The fraction of sp³-hybridized carbons (Fsp3) is 0.222. The van der Waals surface area contributed by atoms with Crippen LogP contribution in [0.3, 0.4) is 0 Å². The molecule has 0 saturated heterocycles. The van der Waals surface area contributed by atoms with Crippen molar-refractivity contribution in [2.75, 3.05) is 5.32 Å². The predicted octanol–water partition coefficient (Wildman–Crippen LogP) is 8.38. The summed E-state index contributed by atoms with van der Waals surface area (Å²) in [6.07, 6.45) is -6.50. The van der Waals surface area contributed by atoms with Crippen LogP contribution in [0.5, 0.6) is 0 Å². The lowest BCUT2D eigenvalue weighted by atomic mass is 9.78.